The minimum atomic E-state index is -0.105. The third-order valence-electron chi connectivity index (χ3n) is 3.56. The number of nitrogens with zero attached hydrogens (tertiary/aromatic N) is 2. The van der Waals surface area contributed by atoms with E-state index in [0.717, 1.165) is 30.3 Å². The number of benzene rings is 1. The van der Waals surface area contributed by atoms with E-state index < -0.39 is 0 Å². The molecule has 0 aliphatic carbocycles. The van der Waals surface area contributed by atoms with Crippen molar-refractivity contribution in [1.82, 2.24) is 10.1 Å². The van der Waals surface area contributed by atoms with Gasteiger partial charge in [0.2, 0.25) is 5.89 Å². The van der Waals surface area contributed by atoms with Crippen LogP contribution in [0.25, 0.3) is 0 Å². The minimum Gasteiger partial charge on any atom is -0.493 e. The predicted molar refractivity (Wildman–Crippen MR) is 80.7 cm³/mol. The Morgan fingerprint density at radius 1 is 1.29 bits per heavy atom. The second-order valence-corrected chi connectivity index (χ2v) is 6.49. The standard InChI is InChI=1S/C16H21N3O2/c1-10(14-18-15(19-21-14)16(2,3)4)17-12-5-6-13-11(9-12)7-8-20-13/h5-6,9-10,17H,7-8H2,1-4H3/t10-/m0/s1. The van der Waals surface area contributed by atoms with Gasteiger partial charge in [0.15, 0.2) is 5.82 Å². The molecule has 5 nitrogen and oxygen atoms in total. The summed E-state index contributed by atoms with van der Waals surface area (Å²) in [5.41, 5.74) is 2.18. The average Bonchev–Trinajstić information content (AvgIpc) is 3.06. The van der Waals surface area contributed by atoms with E-state index in [-0.39, 0.29) is 11.5 Å². The van der Waals surface area contributed by atoms with Crippen molar-refractivity contribution in [3.8, 4) is 5.75 Å². The van der Waals surface area contributed by atoms with E-state index in [0.29, 0.717) is 5.89 Å². The molecule has 112 valence electrons. The Hall–Kier alpha value is -2.04. The Morgan fingerprint density at radius 2 is 2.10 bits per heavy atom. The summed E-state index contributed by atoms with van der Waals surface area (Å²) in [6.45, 7) is 9.00. The Morgan fingerprint density at radius 3 is 2.81 bits per heavy atom. The van der Waals surface area contributed by atoms with E-state index in [1.807, 2.05) is 19.1 Å². The summed E-state index contributed by atoms with van der Waals surface area (Å²) in [5, 5.41) is 7.46. The van der Waals surface area contributed by atoms with Gasteiger partial charge in [0.1, 0.15) is 11.8 Å². The first-order valence-corrected chi connectivity index (χ1v) is 7.30. The van der Waals surface area contributed by atoms with Crippen molar-refractivity contribution in [2.45, 2.75) is 45.6 Å². The summed E-state index contributed by atoms with van der Waals surface area (Å²) in [6.07, 6.45) is 0.966. The Labute approximate surface area is 124 Å². The molecule has 0 bridgehead atoms. The van der Waals surface area contributed by atoms with Crippen molar-refractivity contribution >= 4 is 5.69 Å². The maximum atomic E-state index is 5.52. The molecule has 1 N–H and O–H groups in total. The van der Waals surface area contributed by atoms with Crippen molar-refractivity contribution in [2.24, 2.45) is 0 Å². The van der Waals surface area contributed by atoms with E-state index in [9.17, 15) is 0 Å². The number of aromatic nitrogens is 2. The smallest absolute Gasteiger partial charge is 0.248 e. The molecule has 1 atom stereocenters. The molecule has 3 rings (SSSR count). The van der Waals surface area contributed by atoms with Gasteiger partial charge in [0.05, 0.1) is 6.61 Å². The molecule has 1 aliphatic heterocycles. The first-order chi connectivity index (χ1) is 9.93. The van der Waals surface area contributed by atoms with E-state index in [4.69, 9.17) is 9.26 Å². The van der Waals surface area contributed by atoms with Gasteiger partial charge in [-0.15, -0.1) is 0 Å². The van der Waals surface area contributed by atoms with Gasteiger partial charge in [-0.2, -0.15) is 4.98 Å². The number of anilines is 1. The molecule has 0 saturated carbocycles. The van der Waals surface area contributed by atoms with Crippen LogP contribution < -0.4 is 10.1 Å². The lowest BCUT2D eigenvalue weighted by Crippen LogP contribution is -2.14. The number of rotatable bonds is 3. The monoisotopic (exact) mass is 287 g/mol. The first kappa shape index (κ1) is 13.9. The molecule has 0 saturated heterocycles. The molecule has 0 fully saturated rings. The molecule has 21 heavy (non-hydrogen) atoms. The molecular formula is C16H21N3O2. The number of nitrogens with one attached hydrogen (secondary N) is 1. The highest BCUT2D eigenvalue weighted by atomic mass is 16.5. The predicted octanol–water partition coefficient (Wildman–Crippen LogP) is 3.48. The summed E-state index contributed by atoms with van der Waals surface area (Å²) in [6, 6.07) is 6.11. The van der Waals surface area contributed by atoms with Crippen LogP contribution in [0.15, 0.2) is 22.7 Å². The highest BCUT2D eigenvalue weighted by Gasteiger charge is 2.23. The second kappa shape index (κ2) is 5.06. The summed E-state index contributed by atoms with van der Waals surface area (Å²) < 4.78 is 10.9. The fourth-order valence-corrected chi connectivity index (χ4v) is 2.30. The SMILES string of the molecule is C[C@H](Nc1ccc2c(c1)CCO2)c1nc(C(C)(C)C)no1. The normalized spacial score (nSPS) is 15.4. The van der Waals surface area contributed by atoms with Crippen LogP contribution in [0.2, 0.25) is 0 Å². The van der Waals surface area contributed by atoms with Crippen molar-refractivity contribution in [2.75, 3.05) is 11.9 Å². The number of hydrogen-bond acceptors (Lipinski definition) is 5. The minimum absolute atomic E-state index is 0.0334. The zero-order chi connectivity index (χ0) is 15.0. The van der Waals surface area contributed by atoms with Crippen LogP contribution in [-0.4, -0.2) is 16.7 Å². The van der Waals surface area contributed by atoms with Gasteiger partial charge >= 0.3 is 0 Å². The van der Waals surface area contributed by atoms with Gasteiger partial charge in [0, 0.05) is 17.5 Å². The number of fused-ring (bicyclic) bond motifs is 1. The zero-order valence-corrected chi connectivity index (χ0v) is 12.9. The second-order valence-electron chi connectivity index (χ2n) is 6.49. The first-order valence-electron chi connectivity index (χ1n) is 7.30. The van der Waals surface area contributed by atoms with Crippen molar-refractivity contribution in [3.63, 3.8) is 0 Å². The molecule has 0 spiro atoms. The largest absolute Gasteiger partial charge is 0.493 e. The Balaban J connectivity index is 1.74. The highest BCUT2D eigenvalue weighted by Crippen LogP contribution is 2.29. The number of ether oxygens (including phenoxy) is 1. The highest BCUT2D eigenvalue weighted by molar-refractivity contribution is 5.53. The van der Waals surface area contributed by atoms with Crippen LogP contribution in [0.5, 0.6) is 5.75 Å². The molecule has 1 aromatic carbocycles. The number of hydrogen-bond donors (Lipinski definition) is 1. The fourth-order valence-electron chi connectivity index (χ4n) is 2.30. The molecule has 1 aliphatic rings. The van der Waals surface area contributed by atoms with E-state index in [2.05, 4.69) is 42.3 Å². The van der Waals surface area contributed by atoms with Gasteiger partial charge in [-0.25, -0.2) is 0 Å². The van der Waals surface area contributed by atoms with Crippen LogP contribution in [-0.2, 0) is 11.8 Å². The van der Waals surface area contributed by atoms with Crippen LogP contribution in [0.4, 0.5) is 5.69 Å². The zero-order valence-electron chi connectivity index (χ0n) is 12.9. The van der Waals surface area contributed by atoms with Gasteiger partial charge in [-0.3, -0.25) is 0 Å². The molecule has 0 radical (unpaired) electrons. The summed E-state index contributed by atoms with van der Waals surface area (Å²) in [7, 11) is 0. The molecule has 0 amide bonds. The van der Waals surface area contributed by atoms with Crippen molar-refractivity contribution in [1.29, 1.82) is 0 Å². The summed E-state index contributed by atoms with van der Waals surface area (Å²) in [4.78, 5) is 4.49. The third-order valence-corrected chi connectivity index (χ3v) is 3.56. The average molecular weight is 287 g/mol. The van der Waals surface area contributed by atoms with Crippen LogP contribution in [0, 0.1) is 0 Å². The van der Waals surface area contributed by atoms with Gasteiger partial charge in [0.25, 0.3) is 0 Å². The van der Waals surface area contributed by atoms with Crippen LogP contribution >= 0.6 is 0 Å². The van der Waals surface area contributed by atoms with E-state index in [1.165, 1.54) is 5.56 Å². The van der Waals surface area contributed by atoms with E-state index >= 15 is 0 Å². The fraction of sp³-hybridized carbons (Fsp3) is 0.500. The molecular weight excluding hydrogens is 266 g/mol. The maximum absolute atomic E-state index is 5.52. The molecule has 2 aromatic rings. The quantitative estimate of drug-likeness (QED) is 0.936. The van der Waals surface area contributed by atoms with Crippen LogP contribution in [0.3, 0.4) is 0 Å². The molecule has 0 unspecified atom stereocenters. The van der Waals surface area contributed by atoms with Crippen molar-refractivity contribution in [3.05, 3.63) is 35.5 Å². The summed E-state index contributed by atoms with van der Waals surface area (Å²) in [5.74, 6) is 2.33. The van der Waals surface area contributed by atoms with Gasteiger partial charge in [-0.05, 0) is 30.7 Å². The Bertz CT molecular complexity index is 643. The molecule has 5 heteroatoms. The van der Waals surface area contributed by atoms with Gasteiger partial charge in [-0.1, -0.05) is 25.9 Å². The lowest BCUT2D eigenvalue weighted by atomic mass is 9.96. The van der Waals surface area contributed by atoms with Crippen LogP contribution in [0.1, 0.15) is 51.0 Å². The van der Waals surface area contributed by atoms with E-state index in [1.54, 1.807) is 0 Å². The maximum Gasteiger partial charge on any atom is 0.248 e. The lowest BCUT2D eigenvalue weighted by Gasteiger charge is -2.13. The Kier molecular flexibility index (Phi) is 3.35. The van der Waals surface area contributed by atoms with Gasteiger partial charge < -0.3 is 14.6 Å². The molecule has 2 heterocycles. The summed E-state index contributed by atoms with van der Waals surface area (Å²) >= 11 is 0. The molecule has 1 aromatic heterocycles. The third kappa shape index (κ3) is 2.86. The van der Waals surface area contributed by atoms with Crippen molar-refractivity contribution < 1.29 is 9.26 Å². The topological polar surface area (TPSA) is 60.2 Å². The lowest BCUT2D eigenvalue weighted by molar-refractivity contribution is 0.354.